The largest absolute Gasteiger partial charge is 0.354 e. The first-order valence-electron chi connectivity index (χ1n) is 4.12. The average molecular weight is 199 g/mol. The second-order valence-electron chi connectivity index (χ2n) is 2.76. The molecule has 1 aromatic rings. The van der Waals surface area contributed by atoms with Crippen molar-refractivity contribution in [3.05, 3.63) is 16.6 Å². The first kappa shape index (κ1) is 10.1. The number of nitrogens with one attached hydrogen (secondary N) is 1. The molecule has 1 amide bonds. The van der Waals surface area contributed by atoms with E-state index in [2.05, 4.69) is 10.3 Å². The van der Waals surface area contributed by atoms with E-state index in [-0.39, 0.29) is 5.91 Å². The van der Waals surface area contributed by atoms with Gasteiger partial charge in [-0.1, -0.05) is 0 Å². The highest BCUT2D eigenvalue weighted by Gasteiger charge is 2.05. The van der Waals surface area contributed by atoms with Crippen LogP contribution in [0.15, 0.2) is 11.6 Å². The summed E-state index contributed by atoms with van der Waals surface area (Å²) >= 11 is 1.59. The van der Waals surface area contributed by atoms with Crippen LogP contribution in [-0.4, -0.2) is 23.5 Å². The zero-order valence-electron chi connectivity index (χ0n) is 7.49. The maximum Gasteiger partial charge on any atom is 0.236 e. The summed E-state index contributed by atoms with van der Waals surface area (Å²) in [5, 5.41) is 5.67. The monoisotopic (exact) mass is 199 g/mol. The molecule has 1 rings (SSSR count). The van der Waals surface area contributed by atoms with Crippen molar-refractivity contribution in [2.45, 2.75) is 19.4 Å². The lowest BCUT2D eigenvalue weighted by atomic mass is 10.3. The van der Waals surface area contributed by atoms with E-state index in [4.69, 9.17) is 5.73 Å². The third-order valence-electron chi connectivity index (χ3n) is 1.54. The van der Waals surface area contributed by atoms with Crippen molar-refractivity contribution in [2.75, 3.05) is 6.54 Å². The molecule has 0 fully saturated rings. The molecule has 1 atom stereocenters. The Bertz CT molecular complexity index is 258. The molecule has 0 saturated carbocycles. The van der Waals surface area contributed by atoms with Crippen LogP contribution in [0.3, 0.4) is 0 Å². The maximum atomic E-state index is 11.0. The molecule has 0 spiro atoms. The van der Waals surface area contributed by atoms with Crippen LogP contribution in [0.1, 0.15) is 11.9 Å². The van der Waals surface area contributed by atoms with Gasteiger partial charge < -0.3 is 11.1 Å². The second-order valence-corrected chi connectivity index (χ2v) is 3.73. The van der Waals surface area contributed by atoms with Crippen molar-refractivity contribution in [3.8, 4) is 0 Å². The fourth-order valence-corrected chi connectivity index (χ4v) is 1.45. The molecule has 0 saturated heterocycles. The van der Waals surface area contributed by atoms with Crippen molar-refractivity contribution in [3.63, 3.8) is 0 Å². The van der Waals surface area contributed by atoms with Gasteiger partial charge >= 0.3 is 0 Å². The fourth-order valence-electron chi connectivity index (χ4n) is 0.830. The van der Waals surface area contributed by atoms with Gasteiger partial charge in [-0.05, 0) is 6.92 Å². The van der Waals surface area contributed by atoms with E-state index < -0.39 is 6.04 Å². The molecular formula is C8H13N3OS. The van der Waals surface area contributed by atoms with Crippen molar-refractivity contribution >= 4 is 17.2 Å². The highest BCUT2D eigenvalue weighted by Crippen LogP contribution is 2.03. The van der Waals surface area contributed by atoms with Crippen molar-refractivity contribution < 1.29 is 4.79 Å². The van der Waals surface area contributed by atoms with Crippen molar-refractivity contribution in [2.24, 2.45) is 5.73 Å². The lowest BCUT2D eigenvalue weighted by Gasteiger charge is -2.05. The lowest BCUT2D eigenvalue weighted by Crippen LogP contribution is -2.39. The number of hydrogen-bond donors (Lipinski definition) is 2. The van der Waals surface area contributed by atoms with E-state index in [0.29, 0.717) is 6.54 Å². The molecule has 1 heterocycles. The van der Waals surface area contributed by atoms with Crippen LogP contribution < -0.4 is 11.1 Å². The number of nitrogens with two attached hydrogens (primary N) is 1. The number of aromatic nitrogens is 1. The molecule has 0 bridgehead atoms. The third kappa shape index (κ3) is 3.52. The quantitative estimate of drug-likeness (QED) is 0.725. The zero-order chi connectivity index (χ0) is 9.68. The van der Waals surface area contributed by atoms with E-state index in [0.717, 1.165) is 11.4 Å². The summed E-state index contributed by atoms with van der Waals surface area (Å²) in [7, 11) is 0. The molecule has 0 aromatic carbocycles. The van der Waals surface area contributed by atoms with Crippen LogP contribution >= 0.6 is 11.3 Å². The van der Waals surface area contributed by atoms with Crippen molar-refractivity contribution in [1.82, 2.24) is 10.3 Å². The Labute approximate surface area is 81.2 Å². The Morgan fingerprint density at radius 2 is 2.62 bits per heavy atom. The average Bonchev–Trinajstić information content (AvgIpc) is 2.56. The van der Waals surface area contributed by atoms with Crippen LogP contribution in [0.4, 0.5) is 0 Å². The zero-order valence-corrected chi connectivity index (χ0v) is 8.30. The molecule has 0 aliphatic carbocycles. The number of carbonyl (C=O) groups excluding carboxylic acids is 1. The number of nitrogens with zero attached hydrogens (tertiary/aromatic N) is 1. The van der Waals surface area contributed by atoms with E-state index in [9.17, 15) is 4.79 Å². The summed E-state index contributed by atoms with van der Waals surface area (Å²) in [6.07, 6.45) is 2.53. The molecule has 0 radical (unpaired) electrons. The standard InChI is InChI=1S/C8H13N3OS/c1-6(9)8(12)11-3-2-7-10-4-5-13-7/h4-6H,2-3,9H2,1H3,(H,11,12)/t6-/m0/s1. The minimum Gasteiger partial charge on any atom is -0.354 e. The van der Waals surface area contributed by atoms with Gasteiger partial charge in [0.1, 0.15) is 0 Å². The topological polar surface area (TPSA) is 68.0 Å². The maximum absolute atomic E-state index is 11.0. The summed E-state index contributed by atoms with van der Waals surface area (Å²) in [6, 6.07) is -0.434. The Kier molecular flexibility index (Phi) is 3.85. The molecule has 72 valence electrons. The van der Waals surface area contributed by atoms with Gasteiger partial charge in [0.25, 0.3) is 0 Å². The highest BCUT2D eigenvalue weighted by molar-refractivity contribution is 7.09. The van der Waals surface area contributed by atoms with Gasteiger partial charge in [0.2, 0.25) is 5.91 Å². The molecular weight excluding hydrogens is 186 g/mol. The van der Waals surface area contributed by atoms with E-state index >= 15 is 0 Å². The minimum absolute atomic E-state index is 0.114. The number of rotatable bonds is 4. The Morgan fingerprint density at radius 1 is 1.85 bits per heavy atom. The van der Waals surface area contributed by atoms with Crippen molar-refractivity contribution in [1.29, 1.82) is 0 Å². The molecule has 0 unspecified atom stereocenters. The number of carbonyl (C=O) groups is 1. The molecule has 0 aliphatic heterocycles. The van der Waals surface area contributed by atoms with Gasteiger partial charge in [-0.2, -0.15) is 0 Å². The second kappa shape index (κ2) is 4.94. The Balaban J connectivity index is 2.18. The molecule has 3 N–H and O–H groups in total. The van der Waals surface area contributed by atoms with Crippen LogP contribution in [0.2, 0.25) is 0 Å². The lowest BCUT2D eigenvalue weighted by molar-refractivity contribution is -0.121. The Hall–Kier alpha value is -0.940. The summed E-state index contributed by atoms with van der Waals surface area (Å²) in [4.78, 5) is 15.1. The highest BCUT2D eigenvalue weighted by atomic mass is 32.1. The Morgan fingerprint density at radius 3 is 3.15 bits per heavy atom. The van der Waals surface area contributed by atoms with Crippen LogP contribution in [0, 0.1) is 0 Å². The minimum atomic E-state index is -0.434. The normalized spacial score (nSPS) is 12.5. The molecule has 4 nitrogen and oxygen atoms in total. The van der Waals surface area contributed by atoms with Crippen LogP contribution in [-0.2, 0) is 11.2 Å². The van der Waals surface area contributed by atoms with Crippen LogP contribution in [0.25, 0.3) is 0 Å². The molecule has 1 aromatic heterocycles. The molecule has 0 aliphatic rings. The van der Waals surface area contributed by atoms with Gasteiger partial charge in [-0.3, -0.25) is 4.79 Å². The van der Waals surface area contributed by atoms with Crippen LogP contribution in [0.5, 0.6) is 0 Å². The van der Waals surface area contributed by atoms with E-state index in [1.807, 2.05) is 5.38 Å². The number of hydrogen-bond acceptors (Lipinski definition) is 4. The van der Waals surface area contributed by atoms with Gasteiger partial charge in [0.15, 0.2) is 0 Å². The van der Waals surface area contributed by atoms with Gasteiger partial charge in [0.05, 0.1) is 11.0 Å². The van der Waals surface area contributed by atoms with E-state index in [1.165, 1.54) is 0 Å². The van der Waals surface area contributed by atoms with Gasteiger partial charge in [-0.25, -0.2) is 4.98 Å². The SMILES string of the molecule is C[C@H](N)C(=O)NCCc1nccs1. The number of thiazole rings is 1. The summed E-state index contributed by atoms with van der Waals surface area (Å²) in [5.74, 6) is -0.114. The molecule has 5 heteroatoms. The van der Waals surface area contributed by atoms with E-state index in [1.54, 1.807) is 24.5 Å². The molecule has 13 heavy (non-hydrogen) atoms. The summed E-state index contributed by atoms with van der Waals surface area (Å²) in [5.41, 5.74) is 5.37. The summed E-state index contributed by atoms with van der Waals surface area (Å²) in [6.45, 7) is 2.27. The predicted octanol–water partition coefficient (Wildman–Crippen LogP) is 0.149. The fraction of sp³-hybridized carbons (Fsp3) is 0.500. The predicted molar refractivity (Wildman–Crippen MR) is 52.5 cm³/mol. The first-order chi connectivity index (χ1) is 6.20. The van der Waals surface area contributed by atoms with Gasteiger partial charge in [0, 0.05) is 24.5 Å². The third-order valence-corrected chi connectivity index (χ3v) is 2.37. The summed E-state index contributed by atoms with van der Waals surface area (Å²) < 4.78 is 0. The first-order valence-corrected chi connectivity index (χ1v) is 5.00. The van der Waals surface area contributed by atoms with Gasteiger partial charge in [-0.15, -0.1) is 11.3 Å². The smallest absolute Gasteiger partial charge is 0.236 e. The number of amides is 1.